The van der Waals surface area contributed by atoms with Gasteiger partial charge in [-0.05, 0) is 12.1 Å². The molecular weight excluding hydrogens is 212 g/mol. The summed E-state index contributed by atoms with van der Waals surface area (Å²) < 4.78 is 0.948. The Kier molecular flexibility index (Phi) is 2.47. The van der Waals surface area contributed by atoms with Gasteiger partial charge in [-0.3, -0.25) is 14.6 Å². The standard InChI is InChI=1S/C10H8N2O2S/c11-10(14)4-8-7-3-6(5-13)15-9(7)1-2-12-8/h1-3,5H,4H2,(H2,11,14). The zero-order valence-electron chi connectivity index (χ0n) is 7.77. The van der Waals surface area contributed by atoms with Crippen molar-refractivity contribution in [3.63, 3.8) is 0 Å². The molecule has 2 N–H and O–H groups in total. The van der Waals surface area contributed by atoms with Crippen molar-refractivity contribution < 1.29 is 9.59 Å². The maximum absolute atomic E-state index is 10.8. The number of nitrogens with two attached hydrogens (primary N) is 1. The average Bonchev–Trinajstić information content (AvgIpc) is 2.61. The third-order valence-corrected chi connectivity index (χ3v) is 3.03. The summed E-state index contributed by atoms with van der Waals surface area (Å²) in [4.78, 5) is 26.1. The van der Waals surface area contributed by atoms with Gasteiger partial charge in [-0.2, -0.15) is 0 Å². The first-order valence-corrected chi connectivity index (χ1v) is 5.13. The van der Waals surface area contributed by atoms with Crippen molar-refractivity contribution in [3.8, 4) is 0 Å². The molecule has 0 radical (unpaired) electrons. The number of rotatable bonds is 3. The minimum absolute atomic E-state index is 0.104. The zero-order chi connectivity index (χ0) is 10.8. The Morgan fingerprint density at radius 2 is 2.40 bits per heavy atom. The van der Waals surface area contributed by atoms with Crippen LogP contribution < -0.4 is 5.73 Å². The van der Waals surface area contributed by atoms with E-state index in [0.29, 0.717) is 10.6 Å². The summed E-state index contributed by atoms with van der Waals surface area (Å²) in [6, 6.07) is 3.55. The molecule has 15 heavy (non-hydrogen) atoms. The Morgan fingerprint density at radius 3 is 3.07 bits per heavy atom. The molecule has 0 saturated heterocycles. The molecule has 76 valence electrons. The number of primary amides is 1. The summed E-state index contributed by atoms with van der Waals surface area (Å²) in [6.07, 6.45) is 2.51. The minimum atomic E-state index is -0.422. The fourth-order valence-electron chi connectivity index (χ4n) is 1.40. The number of aromatic nitrogens is 1. The van der Waals surface area contributed by atoms with Crippen LogP contribution in [-0.4, -0.2) is 17.2 Å². The fourth-order valence-corrected chi connectivity index (χ4v) is 2.30. The second kappa shape index (κ2) is 3.78. The lowest BCUT2D eigenvalue weighted by atomic mass is 10.2. The van der Waals surface area contributed by atoms with Gasteiger partial charge >= 0.3 is 0 Å². The Hall–Kier alpha value is -1.75. The van der Waals surface area contributed by atoms with Gasteiger partial charge in [-0.25, -0.2) is 0 Å². The number of hydrogen-bond acceptors (Lipinski definition) is 4. The van der Waals surface area contributed by atoms with Crippen LogP contribution in [-0.2, 0) is 11.2 Å². The third-order valence-electron chi connectivity index (χ3n) is 2.00. The number of amides is 1. The lowest BCUT2D eigenvalue weighted by Gasteiger charge is -1.97. The lowest BCUT2D eigenvalue weighted by Crippen LogP contribution is -2.14. The van der Waals surface area contributed by atoms with Gasteiger partial charge in [0.15, 0.2) is 6.29 Å². The summed E-state index contributed by atoms with van der Waals surface area (Å²) in [7, 11) is 0. The molecule has 4 nitrogen and oxygen atoms in total. The number of thiophene rings is 1. The van der Waals surface area contributed by atoms with E-state index in [2.05, 4.69) is 4.98 Å². The van der Waals surface area contributed by atoms with E-state index in [-0.39, 0.29) is 6.42 Å². The summed E-state index contributed by atoms with van der Waals surface area (Å²) in [5, 5.41) is 0.836. The summed E-state index contributed by atoms with van der Waals surface area (Å²) in [5.74, 6) is -0.422. The molecular formula is C10H8N2O2S. The molecule has 0 atom stereocenters. The SMILES string of the molecule is NC(=O)Cc1nccc2sc(C=O)cc12. The van der Waals surface area contributed by atoms with Gasteiger partial charge in [0.25, 0.3) is 0 Å². The second-order valence-electron chi connectivity index (χ2n) is 3.08. The lowest BCUT2D eigenvalue weighted by molar-refractivity contribution is -0.117. The van der Waals surface area contributed by atoms with Crippen LogP contribution in [0.3, 0.4) is 0 Å². The van der Waals surface area contributed by atoms with E-state index < -0.39 is 5.91 Å². The molecule has 1 amide bonds. The van der Waals surface area contributed by atoms with E-state index in [1.165, 1.54) is 11.3 Å². The summed E-state index contributed by atoms with van der Waals surface area (Å²) >= 11 is 1.38. The number of fused-ring (bicyclic) bond motifs is 1. The quantitative estimate of drug-likeness (QED) is 0.788. The van der Waals surface area contributed by atoms with E-state index in [1.807, 2.05) is 6.07 Å². The van der Waals surface area contributed by atoms with Crippen LogP contribution >= 0.6 is 11.3 Å². The third kappa shape index (κ3) is 1.87. The first-order valence-electron chi connectivity index (χ1n) is 4.31. The van der Waals surface area contributed by atoms with Crippen LogP contribution in [0.5, 0.6) is 0 Å². The monoisotopic (exact) mass is 220 g/mol. The van der Waals surface area contributed by atoms with Gasteiger partial charge in [-0.1, -0.05) is 0 Å². The fraction of sp³-hybridized carbons (Fsp3) is 0.100. The maximum atomic E-state index is 10.8. The van der Waals surface area contributed by atoms with Gasteiger partial charge in [-0.15, -0.1) is 11.3 Å². The molecule has 0 bridgehead atoms. The molecule has 5 heteroatoms. The normalized spacial score (nSPS) is 10.4. The predicted molar refractivity (Wildman–Crippen MR) is 57.9 cm³/mol. The Balaban J connectivity index is 2.58. The van der Waals surface area contributed by atoms with Gasteiger partial charge < -0.3 is 5.73 Å². The highest BCUT2D eigenvalue weighted by atomic mass is 32.1. The number of carbonyl (C=O) groups is 2. The molecule has 0 aromatic carbocycles. The molecule has 2 heterocycles. The highest BCUT2D eigenvalue weighted by molar-refractivity contribution is 7.20. The molecule has 0 spiro atoms. The Bertz CT molecular complexity index is 533. The van der Waals surface area contributed by atoms with Crippen LogP contribution in [0.25, 0.3) is 10.1 Å². The highest BCUT2D eigenvalue weighted by Crippen LogP contribution is 2.26. The highest BCUT2D eigenvalue weighted by Gasteiger charge is 2.08. The molecule has 0 aliphatic rings. The van der Waals surface area contributed by atoms with Crippen LogP contribution in [0.15, 0.2) is 18.3 Å². The van der Waals surface area contributed by atoms with Gasteiger partial charge in [0, 0.05) is 16.3 Å². The van der Waals surface area contributed by atoms with Crippen molar-refractivity contribution in [3.05, 3.63) is 28.9 Å². The van der Waals surface area contributed by atoms with Crippen LogP contribution in [0, 0.1) is 0 Å². The number of hydrogen-bond donors (Lipinski definition) is 1. The smallest absolute Gasteiger partial charge is 0.223 e. The number of pyridine rings is 1. The molecule has 2 aromatic rings. The van der Waals surface area contributed by atoms with E-state index >= 15 is 0 Å². The zero-order valence-corrected chi connectivity index (χ0v) is 8.58. The molecule has 0 fully saturated rings. The Morgan fingerprint density at radius 1 is 1.60 bits per heavy atom. The summed E-state index contributed by atoms with van der Waals surface area (Å²) in [6.45, 7) is 0. The van der Waals surface area contributed by atoms with Crippen LogP contribution in [0.2, 0.25) is 0 Å². The number of aldehydes is 1. The number of nitrogens with zero attached hydrogens (tertiary/aromatic N) is 1. The van der Waals surface area contributed by atoms with Crippen molar-refractivity contribution in [2.24, 2.45) is 5.73 Å². The molecule has 0 unspecified atom stereocenters. The second-order valence-corrected chi connectivity index (χ2v) is 4.19. The minimum Gasteiger partial charge on any atom is -0.369 e. The maximum Gasteiger partial charge on any atom is 0.223 e. The Labute approximate surface area is 89.7 Å². The van der Waals surface area contributed by atoms with Crippen LogP contribution in [0.1, 0.15) is 15.4 Å². The molecule has 0 aliphatic heterocycles. The largest absolute Gasteiger partial charge is 0.369 e. The summed E-state index contributed by atoms with van der Waals surface area (Å²) in [5.41, 5.74) is 5.74. The predicted octanol–water partition coefficient (Wildman–Crippen LogP) is 1.14. The molecule has 0 saturated carbocycles. The van der Waals surface area contributed by atoms with E-state index in [4.69, 9.17) is 5.73 Å². The molecule has 2 aromatic heterocycles. The van der Waals surface area contributed by atoms with E-state index in [1.54, 1.807) is 12.3 Å². The first kappa shape index (κ1) is 9.79. The van der Waals surface area contributed by atoms with Crippen LogP contribution in [0.4, 0.5) is 0 Å². The van der Waals surface area contributed by atoms with E-state index in [9.17, 15) is 9.59 Å². The molecule has 0 aliphatic carbocycles. The van der Waals surface area contributed by atoms with Crippen molar-refractivity contribution >= 4 is 33.6 Å². The van der Waals surface area contributed by atoms with Gasteiger partial charge in [0.1, 0.15) is 0 Å². The van der Waals surface area contributed by atoms with Crippen molar-refractivity contribution in [2.75, 3.05) is 0 Å². The van der Waals surface area contributed by atoms with E-state index in [0.717, 1.165) is 16.4 Å². The van der Waals surface area contributed by atoms with Crippen molar-refractivity contribution in [1.82, 2.24) is 4.98 Å². The van der Waals surface area contributed by atoms with Crippen molar-refractivity contribution in [2.45, 2.75) is 6.42 Å². The van der Waals surface area contributed by atoms with Gasteiger partial charge in [0.2, 0.25) is 5.91 Å². The molecule has 2 rings (SSSR count). The topological polar surface area (TPSA) is 73.1 Å². The number of carbonyl (C=O) groups excluding carboxylic acids is 2. The first-order chi connectivity index (χ1) is 7.20. The van der Waals surface area contributed by atoms with Gasteiger partial charge in [0.05, 0.1) is 17.0 Å². The average molecular weight is 220 g/mol. The van der Waals surface area contributed by atoms with Crippen molar-refractivity contribution in [1.29, 1.82) is 0 Å².